The lowest BCUT2D eigenvalue weighted by atomic mass is 10.1. The van der Waals surface area contributed by atoms with Gasteiger partial charge in [0.05, 0.1) is 12.1 Å². The van der Waals surface area contributed by atoms with Crippen LogP contribution in [0.5, 0.6) is 5.75 Å². The molecule has 7 heteroatoms. The van der Waals surface area contributed by atoms with Crippen molar-refractivity contribution in [2.75, 3.05) is 31.5 Å². The second kappa shape index (κ2) is 7.35. The van der Waals surface area contributed by atoms with Crippen LogP contribution in [0.25, 0.3) is 0 Å². The first-order valence-electron chi connectivity index (χ1n) is 9.02. The van der Waals surface area contributed by atoms with E-state index in [4.69, 9.17) is 4.74 Å². The van der Waals surface area contributed by atoms with Gasteiger partial charge in [-0.1, -0.05) is 19.9 Å². The zero-order valence-electron chi connectivity index (χ0n) is 15.4. The average molecular weight is 359 g/mol. The molecule has 2 heterocycles. The number of hydrogen-bond donors (Lipinski definition) is 1. The topological polar surface area (TPSA) is 79.0 Å². The van der Waals surface area contributed by atoms with Gasteiger partial charge in [-0.25, -0.2) is 0 Å². The van der Waals surface area contributed by atoms with Crippen LogP contribution in [0, 0.1) is 5.92 Å². The van der Waals surface area contributed by atoms with Crippen LogP contribution in [0.4, 0.5) is 5.69 Å². The molecule has 140 valence electrons. The second-order valence-corrected chi connectivity index (χ2v) is 7.12. The first kappa shape index (κ1) is 18.2. The van der Waals surface area contributed by atoms with Gasteiger partial charge in [-0.15, -0.1) is 0 Å². The Bertz CT molecular complexity index is 723. The third-order valence-corrected chi connectivity index (χ3v) is 4.77. The summed E-state index contributed by atoms with van der Waals surface area (Å²) >= 11 is 0. The van der Waals surface area contributed by atoms with E-state index in [9.17, 15) is 14.4 Å². The van der Waals surface area contributed by atoms with E-state index < -0.39 is 6.10 Å². The number of hydrogen-bond acceptors (Lipinski definition) is 4. The summed E-state index contributed by atoms with van der Waals surface area (Å²) in [6, 6.07) is 5.42. The molecule has 1 aromatic rings. The minimum absolute atomic E-state index is 0.0205. The quantitative estimate of drug-likeness (QED) is 0.882. The number of nitrogens with zero attached hydrogens (tertiary/aromatic N) is 2. The summed E-state index contributed by atoms with van der Waals surface area (Å²) in [5.74, 6) is 0.573. The summed E-state index contributed by atoms with van der Waals surface area (Å²) in [6.45, 7) is 7.74. The Morgan fingerprint density at radius 1 is 1.19 bits per heavy atom. The Labute approximate surface area is 153 Å². The molecular formula is C19H25N3O4. The molecular weight excluding hydrogens is 334 g/mol. The summed E-state index contributed by atoms with van der Waals surface area (Å²) in [6.07, 6.45) is -0.253. The molecule has 7 nitrogen and oxygen atoms in total. The molecule has 0 spiro atoms. The van der Waals surface area contributed by atoms with Crippen molar-refractivity contribution >= 4 is 23.4 Å². The van der Waals surface area contributed by atoms with Gasteiger partial charge in [-0.3, -0.25) is 14.4 Å². The molecule has 1 unspecified atom stereocenters. The molecule has 0 aromatic heterocycles. The molecule has 1 fully saturated rings. The van der Waals surface area contributed by atoms with Gasteiger partial charge < -0.3 is 19.9 Å². The molecule has 2 aliphatic rings. The lowest BCUT2D eigenvalue weighted by Crippen LogP contribution is -2.51. The largest absolute Gasteiger partial charge is 0.479 e. The fourth-order valence-electron chi connectivity index (χ4n) is 3.19. The zero-order chi connectivity index (χ0) is 18.8. The minimum atomic E-state index is -0.514. The number of benzene rings is 1. The van der Waals surface area contributed by atoms with E-state index in [1.165, 1.54) is 0 Å². The van der Waals surface area contributed by atoms with Crippen LogP contribution in [0.15, 0.2) is 18.2 Å². The van der Waals surface area contributed by atoms with E-state index in [2.05, 4.69) is 5.32 Å². The first-order chi connectivity index (χ1) is 12.3. The van der Waals surface area contributed by atoms with Gasteiger partial charge in [-0.2, -0.15) is 0 Å². The predicted molar refractivity (Wildman–Crippen MR) is 96.9 cm³/mol. The van der Waals surface area contributed by atoms with Crippen LogP contribution < -0.4 is 10.1 Å². The Balaban J connectivity index is 1.59. The number of piperazine rings is 1. The van der Waals surface area contributed by atoms with E-state index in [1.54, 1.807) is 24.0 Å². The summed E-state index contributed by atoms with van der Waals surface area (Å²) in [7, 11) is 0. The summed E-state index contributed by atoms with van der Waals surface area (Å²) in [5.41, 5.74) is 1.43. The highest BCUT2D eigenvalue weighted by Crippen LogP contribution is 2.30. The molecule has 1 N–H and O–H groups in total. The average Bonchev–Trinajstić information content (AvgIpc) is 2.62. The fraction of sp³-hybridized carbons (Fsp3) is 0.526. The normalized spacial score (nSPS) is 19.7. The van der Waals surface area contributed by atoms with Crippen molar-refractivity contribution in [3.8, 4) is 5.75 Å². The van der Waals surface area contributed by atoms with Crippen molar-refractivity contribution in [3.63, 3.8) is 0 Å². The molecule has 1 atom stereocenters. The van der Waals surface area contributed by atoms with Gasteiger partial charge >= 0.3 is 0 Å². The monoisotopic (exact) mass is 359 g/mol. The van der Waals surface area contributed by atoms with Gasteiger partial charge in [0, 0.05) is 32.1 Å². The number of anilines is 1. The lowest BCUT2D eigenvalue weighted by molar-refractivity contribution is -0.141. The van der Waals surface area contributed by atoms with Gasteiger partial charge in [0.25, 0.3) is 5.91 Å². The highest BCUT2D eigenvalue weighted by atomic mass is 16.5. The number of fused-ring (bicyclic) bond motifs is 1. The third-order valence-electron chi connectivity index (χ3n) is 4.77. The summed E-state index contributed by atoms with van der Waals surface area (Å²) < 4.78 is 5.53. The molecule has 0 radical (unpaired) electrons. The van der Waals surface area contributed by atoms with E-state index in [1.807, 2.05) is 24.8 Å². The molecule has 0 saturated carbocycles. The molecule has 1 saturated heterocycles. The highest BCUT2D eigenvalue weighted by Gasteiger charge is 2.26. The number of carbonyl (C=O) groups excluding carboxylic acids is 3. The van der Waals surface area contributed by atoms with Crippen molar-refractivity contribution in [2.45, 2.75) is 33.3 Å². The van der Waals surface area contributed by atoms with Crippen molar-refractivity contribution < 1.29 is 19.1 Å². The van der Waals surface area contributed by atoms with Gasteiger partial charge in [-0.05, 0) is 24.6 Å². The van der Waals surface area contributed by atoms with Crippen molar-refractivity contribution in [1.82, 2.24) is 9.80 Å². The number of rotatable bonds is 3. The summed E-state index contributed by atoms with van der Waals surface area (Å²) in [4.78, 5) is 39.9. The van der Waals surface area contributed by atoms with Gasteiger partial charge in [0.15, 0.2) is 6.10 Å². The molecule has 3 rings (SSSR count). The van der Waals surface area contributed by atoms with Crippen LogP contribution in [0.3, 0.4) is 0 Å². The van der Waals surface area contributed by atoms with Crippen molar-refractivity contribution in [3.05, 3.63) is 23.8 Å². The molecule has 2 aliphatic heterocycles. The maximum Gasteiger partial charge on any atom is 0.265 e. The number of carbonyl (C=O) groups is 3. The molecule has 3 amide bonds. The Morgan fingerprint density at radius 2 is 1.85 bits per heavy atom. The van der Waals surface area contributed by atoms with Crippen LogP contribution in [0.1, 0.15) is 26.3 Å². The minimum Gasteiger partial charge on any atom is -0.479 e. The van der Waals surface area contributed by atoms with E-state index >= 15 is 0 Å². The standard InChI is InChI=1S/C19H25N3O4/c1-12(2)19(25)22-8-6-21(7-9-22)17(23)11-14-4-5-16-15(10-14)20-18(24)13(3)26-16/h4-5,10,12-13H,6-9,11H2,1-3H3,(H,20,24). The number of nitrogens with one attached hydrogen (secondary N) is 1. The van der Waals surface area contributed by atoms with Crippen molar-refractivity contribution in [2.24, 2.45) is 5.92 Å². The van der Waals surface area contributed by atoms with Gasteiger partial charge in [0.2, 0.25) is 11.8 Å². The highest BCUT2D eigenvalue weighted by molar-refractivity contribution is 5.97. The third kappa shape index (κ3) is 3.81. The summed E-state index contributed by atoms with van der Waals surface area (Å²) in [5, 5.41) is 2.80. The maximum absolute atomic E-state index is 12.6. The van der Waals surface area contributed by atoms with Crippen LogP contribution >= 0.6 is 0 Å². The maximum atomic E-state index is 12.6. The Kier molecular flexibility index (Phi) is 5.15. The first-order valence-corrected chi connectivity index (χ1v) is 9.02. The van der Waals surface area contributed by atoms with Crippen LogP contribution in [-0.2, 0) is 20.8 Å². The predicted octanol–water partition coefficient (Wildman–Crippen LogP) is 1.28. The second-order valence-electron chi connectivity index (χ2n) is 7.12. The fourth-order valence-corrected chi connectivity index (χ4v) is 3.19. The van der Waals surface area contributed by atoms with Crippen LogP contribution in [0.2, 0.25) is 0 Å². The van der Waals surface area contributed by atoms with E-state index in [0.29, 0.717) is 37.6 Å². The molecule has 1 aromatic carbocycles. The zero-order valence-corrected chi connectivity index (χ0v) is 15.4. The smallest absolute Gasteiger partial charge is 0.265 e. The lowest BCUT2D eigenvalue weighted by Gasteiger charge is -2.35. The van der Waals surface area contributed by atoms with E-state index in [-0.39, 0.29) is 30.1 Å². The SMILES string of the molecule is CC(C)C(=O)N1CCN(C(=O)Cc2ccc3c(c2)NC(=O)C(C)O3)CC1. The van der Waals surface area contributed by atoms with E-state index in [0.717, 1.165) is 5.56 Å². The Morgan fingerprint density at radius 3 is 2.50 bits per heavy atom. The molecule has 0 bridgehead atoms. The molecule has 0 aliphatic carbocycles. The number of amides is 3. The molecule has 26 heavy (non-hydrogen) atoms. The van der Waals surface area contributed by atoms with Gasteiger partial charge in [0.1, 0.15) is 5.75 Å². The Hall–Kier alpha value is -2.57. The number of ether oxygens (including phenoxy) is 1. The van der Waals surface area contributed by atoms with Crippen molar-refractivity contribution in [1.29, 1.82) is 0 Å². The van der Waals surface area contributed by atoms with Crippen LogP contribution in [-0.4, -0.2) is 59.8 Å².